The first-order valence-corrected chi connectivity index (χ1v) is 8.47. The number of hydrogen-bond acceptors (Lipinski definition) is 7. The number of rotatable bonds is 4. The van der Waals surface area contributed by atoms with E-state index in [2.05, 4.69) is 4.74 Å². The summed E-state index contributed by atoms with van der Waals surface area (Å²) in [5.41, 5.74) is -4.84. The van der Waals surface area contributed by atoms with Crippen molar-refractivity contribution in [2.75, 3.05) is 7.11 Å². The van der Waals surface area contributed by atoms with Crippen LogP contribution in [0.1, 0.15) is 47.5 Å². The SMILES string of the molecule is COC(=O)[C@@]1(O)C(=O)[C@@]2(CC=C(C)C)C[C@@H](O)C(C)(C)OC2=C1C(C)=O. The summed E-state index contributed by atoms with van der Waals surface area (Å²) in [6.07, 6.45) is 0.738. The molecule has 7 nitrogen and oxygen atoms in total. The van der Waals surface area contributed by atoms with Crippen LogP contribution >= 0.6 is 0 Å². The van der Waals surface area contributed by atoms with Gasteiger partial charge in [-0.2, -0.15) is 0 Å². The van der Waals surface area contributed by atoms with Crippen LogP contribution in [-0.4, -0.2) is 52.2 Å². The maximum absolute atomic E-state index is 13.3. The summed E-state index contributed by atoms with van der Waals surface area (Å²) in [5, 5.41) is 21.5. The second kappa shape index (κ2) is 6.32. The molecule has 1 saturated heterocycles. The van der Waals surface area contributed by atoms with E-state index in [1.807, 2.05) is 13.8 Å². The van der Waals surface area contributed by atoms with Crippen molar-refractivity contribution in [3.8, 4) is 0 Å². The fraction of sp³-hybridized carbons (Fsp3) is 0.632. The summed E-state index contributed by atoms with van der Waals surface area (Å²) < 4.78 is 10.5. The molecule has 2 rings (SSSR count). The Labute approximate surface area is 152 Å². The molecule has 0 bridgehead atoms. The van der Waals surface area contributed by atoms with E-state index in [1.54, 1.807) is 19.9 Å². The van der Waals surface area contributed by atoms with Gasteiger partial charge >= 0.3 is 5.97 Å². The van der Waals surface area contributed by atoms with Gasteiger partial charge in [-0.3, -0.25) is 9.59 Å². The van der Waals surface area contributed by atoms with E-state index in [0.29, 0.717) is 0 Å². The van der Waals surface area contributed by atoms with Crippen LogP contribution in [-0.2, 0) is 23.9 Å². The fourth-order valence-electron chi connectivity index (χ4n) is 3.61. The molecule has 0 aromatic rings. The highest BCUT2D eigenvalue weighted by molar-refractivity contribution is 6.23. The summed E-state index contributed by atoms with van der Waals surface area (Å²) in [5.74, 6) is -2.84. The first-order valence-electron chi connectivity index (χ1n) is 8.47. The molecule has 3 atom stereocenters. The average Bonchev–Trinajstić information content (AvgIpc) is 2.71. The third-order valence-electron chi connectivity index (χ3n) is 5.19. The summed E-state index contributed by atoms with van der Waals surface area (Å²) in [6, 6.07) is 0. The highest BCUT2D eigenvalue weighted by atomic mass is 16.5. The van der Waals surface area contributed by atoms with E-state index in [4.69, 9.17) is 4.74 Å². The van der Waals surface area contributed by atoms with Crippen LogP contribution in [0.4, 0.5) is 0 Å². The summed E-state index contributed by atoms with van der Waals surface area (Å²) >= 11 is 0. The van der Waals surface area contributed by atoms with Crippen LogP contribution in [0.25, 0.3) is 0 Å². The van der Waals surface area contributed by atoms with Crippen LogP contribution in [0, 0.1) is 5.41 Å². The molecule has 1 heterocycles. The molecule has 26 heavy (non-hydrogen) atoms. The van der Waals surface area contributed by atoms with Crippen LogP contribution < -0.4 is 0 Å². The predicted molar refractivity (Wildman–Crippen MR) is 91.9 cm³/mol. The lowest BCUT2D eigenvalue weighted by Crippen LogP contribution is -2.55. The molecule has 7 heteroatoms. The maximum Gasteiger partial charge on any atom is 0.350 e. The average molecular weight is 366 g/mol. The Morgan fingerprint density at radius 3 is 2.35 bits per heavy atom. The lowest BCUT2D eigenvalue weighted by molar-refractivity contribution is -0.171. The molecular weight excluding hydrogens is 340 g/mol. The van der Waals surface area contributed by atoms with Gasteiger partial charge in [-0.1, -0.05) is 11.6 Å². The van der Waals surface area contributed by atoms with E-state index in [9.17, 15) is 24.6 Å². The number of ketones is 2. The Hall–Kier alpha value is -1.99. The molecule has 0 amide bonds. The molecule has 2 aliphatic rings. The van der Waals surface area contributed by atoms with Crippen molar-refractivity contribution in [1.82, 2.24) is 0 Å². The minimum absolute atomic E-state index is 0.0456. The third-order valence-corrected chi connectivity index (χ3v) is 5.19. The molecule has 144 valence electrons. The van der Waals surface area contributed by atoms with E-state index in [1.165, 1.54) is 0 Å². The molecule has 0 radical (unpaired) electrons. The number of fused-ring (bicyclic) bond motifs is 1. The summed E-state index contributed by atoms with van der Waals surface area (Å²) in [4.78, 5) is 37.9. The van der Waals surface area contributed by atoms with Gasteiger partial charge in [-0.05, 0) is 47.5 Å². The Morgan fingerprint density at radius 2 is 1.88 bits per heavy atom. The van der Waals surface area contributed by atoms with Crippen molar-refractivity contribution < 1.29 is 34.1 Å². The lowest BCUT2D eigenvalue weighted by Gasteiger charge is -2.45. The number of aliphatic hydroxyl groups is 2. The van der Waals surface area contributed by atoms with Gasteiger partial charge in [0.1, 0.15) is 11.4 Å². The summed E-state index contributed by atoms with van der Waals surface area (Å²) in [7, 11) is 1.03. The molecule has 0 spiro atoms. The van der Waals surface area contributed by atoms with Crippen LogP contribution in [0.3, 0.4) is 0 Å². The normalized spacial score (nSPS) is 32.6. The predicted octanol–water partition coefficient (Wildman–Crippen LogP) is 1.22. The van der Waals surface area contributed by atoms with Crippen molar-refractivity contribution in [2.24, 2.45) is 5.41 Å². The number of carbonyl (C=O) groups excluding carboxylic acids is 3. The van der Waals surface area contributed by atoms with Gasteiger partial charge < -0.3 is 19.7 Å². The molecule has 1 fully saturated rings. The number of Topliss-reactive ketones (excluding diaryl/α,β-unsaturated/α-hetero) is 2. The molecule has 1 aliphatic heterocycles. The van der Waals surface area contributed by atoms with Crippen LogP contribution in [0.2, 0.25) is 0 Å². The molecule has 0 aromatic carbocycles. The van der Waals surface area contributed by atoms with Gasteiger partial charge in [-0.15, -0.1) is 0 Å². The third kappa shape index (κ3) is 2.70. The van der Waals surface area contributed by atoms with Gasteiger partial charge in [0.25, 0.3) is 5.60 Å². The van der Waals surface area contributed by atoms with Gasteiger partial charge in [0.2, 0.25) is 0 Å². The first kappa shape index (κ1) is 20.3. The van der Waals surface area contributed by atoms with Crippen molar-refractivity contribution >= 4 is 17.5 Å². The fourth-order valence-corrected chi connectivity index (χ4v) is 3.61. The van der Waals surface area contributed by atoms with Crippen molar-refractivity contribution in [2.45, 2.75) is 64.8 Å². The zero-order chi connectivity index (χ0) is 20.1. The van der Waals surface area contributed by atoms with E-state index >= 15 is 0 Å². The second-order valence-corrected chi connectivity index (χ2v) is 7.78. The largest absolute Gasteiger partial charge is 0.488 e. The molecule has 2 N–H and O–H groups in total. The van der Waals surface area contributed by atoms with E-state index in [-0.39, 0.29) is 18.6 Å². The zero-order valence-corrected chi connectivity index (χ0v) is 16.0. The lowest BCUT2D eigenvalue weighted by atomic mass is 9.70. The smallest absolute Gasteiger partial charge is 0.350 e. The Morgan fingerprint density at radius 1 is 1.31 bits per heavy atom. The van der Waals surface area contributed by atoms with Crippen molar-refractivity contribution in [3.63, 3.8) is 0 Å². The number of methoxy groups -OCH3 is 1. The van der Waals surface area contributed by atoms with Crippen molar-refractivity contribution in [3.05, 3.63) is 23.0 Å². The number of carbonyl (C=O) groups is 3. The highest BCUT2D eigenvalue weighted by Crippen LogP contribution is 2.56. The van der Waals surface area contributed by atoms with Crippen molar-refractivity contribution in [1.29, 1.82) is 0 Å². The quantitative estimate of drug-likeness (QED) is 0.437. The minimum atomic E-state index is -2.74. The van der Waals surface area contributed by atoms with Crippen LogP contribution in [0.5, 0.6) is 0 Å². The van der Waals surface area contributed by atoms with Crippen LogP contribution in [0.15, 0.2) is 23.0 Å². The monoisotopic (exact) mass is 366 g/mol. The van der Waals surface area contributed by atoms with E-state index < -0.39 is 45.8 Å². The molecule has 0 unspecified atom stereocenters. The Bertz CT molecular complexity index is 726. The minimum Gasteiger partial charge on any atom is -0.488 e. The first-order chi connectivity index (χ1) is 11.8. The van der Waals surface area contributed by atoms with Gasteiger partial charge in [0.15, 0.2) is 11.6 Å². The molecule has 1 aliphatic carbocycles. The Kier molecular flexibility index (Phi) is 4.94. The standard InChI is InChI=1S/C19H26O7/c1-10(2)7-8-18-9-12(21)17(4,5)26-14(18)13(11(3)20)19(24,15(18)22)16(23)25-6/h7,12,21,24H,8-9H2,1-6H3/t12-,18+,19+/m1/s1. The summed E-state index contributed by atoms with van der Waals surface area (Å²) in [6.45, 7) is 8.06. The second-order valence-electron chi connectivity index (χ2n) is 7.78. The number of aliphatic hydroxyl groups excluding tert-OH is 1. The number of allylic oxidation sites excluding steroid dienone is 3. The van der Waals surface area contributed by atoms with Gasteiger partial charge in [-0.25, -0.2) is 4.79 Å². The topological polar surface area (TPSA) is 110 Å². The number of esters is 1. The molecular formula is C19H26O7. The number of hydrogen-bond donors (Lipinski definition) is 2. The van der Waals surface area contributed by atoms with Gasteiger partial charge in [0, 0.05) is 0 Å². The van der Waals surface area contributed by atoms with Gasteiger partial charge in [0.05, 0.1) is 24.2 Å². The zero-order valence-electron chi connectivity index (χ0n) is 16.0. The number of ether oxygens (including phenoxy) is 2. The molecule has 0 saturated carbocycles. The maximum atomic E-state index is 13.3. The molecule has 0 aromatic heterocycles. The Balaban J connectivity index is 2.82. The highest BCUT2D eigenvalue weighted by Gasteiger charge is 2.70. The van der Waals surface area contributed by atoms with E-state index in [0.717, 1.165) is 19.6 Å².